The standard InChI is InChI=1S/C10H18N2O4/c1-7(2)6-16-5-4-11-10(15)12-8(3)9(13)14/h8H,1,4-6H2,2-3H3,(H,13,14)(H2,11,12,15)/t8-/m0/s1. The molecule has 0 rings (SSSR count). The minimum Gasteiger partial charge on any atom is -0.480 e. The van der Waals surface area contributed by atoms with Gasteiger partial charge in [0.2, 0.25) is 0 Å². The number of carbonyl (C=O) groups excluding carboxylic acids is 1. The summed E-state index contributed by atoms with van der Waals surface area (Å²) >= 11 is 0. The van der Waals surface area contributed by atoms with Crippen molar-refractivity contribution < 1.29 is 19.4 Å². The molecule has 0 saturated heterocycles. The van der Waals surface area contributed by atoms with Gasteiger partial charge in [-0.2, -0.15) is 0 Å². The number of urea groups is 1. The summed E-state index contributed by atoms with van der Waals surface area (Å²) in [6.45, 7) is 8.03. The van der Waals surface area contributed by atoms with Crippen LogP contribution in [0.3, 0.4) is 0 Å². The number of aliphatic carboxylic acids is 1. The monoisotopic (exact) mass is 230 g/mol. The minimum absolute atomic E-state index is 0.325. The highest BCUT2D eigenvalue weighted by atomic mass is 16.5. The van der Waals surface area contributed by atoms with Crippen LogP contribution in [0.4, 0.5) is 4.79 Å². The van der Waals surface area contributed by atoms with Crippen LogP contribution in [0.1, 0.15) is 13.8 Å². The second kappa shape index (κ2) is 7.70. The Morgan fingerprint density at radius 1 is 1.50 bits per heavy atom. The smallest absolute Gasteiger partial charge is 0.325 e. The molecule has 0 aliphatic rings. The van der Waals surface area contributed by atoms with Crippen molar-refractivity contribution in [2.45, 2.75) is 19.9 Å². The summed E-state index contributed by atoms with van der Waals surface area (Å²) in [5.74, 6) is -1.08. The van der Waals surface area contributed by atoms with Gasteiger partial charge in [0.25, 0.3) is 0 Å². The molecular weight excluding hydrogens is 212 g/mol. The van der Waals surface area contributed by atoms with Gasteiger partial charge >= 0.3 is 12.0 Å². The number of rotatable bonds is 7. The van der Waals surface area contributed by atoms with Gasteiger partial charge in [-0.15, -0.1) is 0 Å². The van der Waals surface area contributed by atoms with E-state index in [0.717, 1.165) is 5.57 Å². The highest BCUT2D eigenvalue weighted by Crippen LogP contribution is 1.86. The summed E-state index contributed by atoms with van der Waals surface area (Å²) in [7, 11) is 0. The molecule has 0 aromatic rings. The lowest BCUT2D eigenvalue weighted by molar-refractivity contribution is -0.138. The van der Waals surface area contributed by atoms with Gasteiger partial charge in [-0.05, 0) is 13.8 Å². The number of carboxylic acid groups (broad SMARTS) is 1. The Labute approximate surface area is 94.7 Å². The maximum atomic E-state index is 11.1. The van der Waals surface area contributed by atoms with Gasteiger partial charge in [0.1, 0.15) is 6.04 Å². The van der Waals surface area contributed by atoms with Gasteiger partial charge < -0.3 is 20.5 Å². The normalized spacial score (nSPS) is 11.6. The number of hydrogen-bond acceptors (Lipinski definition) is 3. The Kier molecular flexibility index (Phi) is 6.95. The van der Waals surface area contributed by atoms with Crippen LogP contribution in [0.5, 0.6) is 0 Å². The molecule has 0 aliphatic carbocycles. The molecule has 0 fully saturated rings. The van der Waals surface area contributed by atoms with E-state index in [2.05, 4.69) is 17.2 Å². The average molecular weight is 230 g/mol. The van der Waals surface area contributed by atoms with Crippen molar-refractivity contribution in [1.82, 2.24) is 10.6 Å². The average Bonchev–Trinajstić information content (AvgIpc) is 2.16. The third-order valence-electron chi connectivity index (χ3n) is 1.60. The molecule has 2 amide bonds. The summed E-state index contributed by atoms with van der Waals surface area (Å²) < 4.78 is 5.14. The van der Waals surface area contributed by atoms with E-state index in [-0.39, 0.29) is 0 Å². The highest BCUT2D eigenvalue weighted by molar-refractivity contribution is 5.82. The Bertz CT molecular complexity index is 266. The molecule has 1 atom stereocenters. The molecule has 0 unspecified atom stereocenters. The first kappa shape index (κ1) is 14.4. The lowest BCUT2D eigenvalue weighted by Crippen LogP contribution is -2.45. The van der Waals surface area contributed by atoms with Crippen molar-refractivity contribution in [3.05, 3.63) is 12.2 Å². The van der Waals surface area contributed by atoms with Gasteiger partial charge in [0, 0.05) is 6.54 Å². The Hall–Kier alpha value is -1.56. The lowest BCUT2D eigenvalue weighted by Gasteiger charge is -2.10. The van der Waals surface area contributed by atoms with E-state index in [0.29, 0.717) is 19.8 Å². The van der Waals surface area contributed by atoms with Gasteiger partial charge in [0.15, 0.2) is 0 Å². The van der Waals surface area contributed by atoms with Crippen LogP contribution in [0.15, 0.2) is 12.2 Å². The molecular formula is C10H18N2O4. The van der Waals surface area contributed by atoms with Crippen LogP contribution in [-0.2, 0) is 9.53 Å². The fourth-order valence-electron chi connectivity index (χ4n) is 0.793. The van der Waals surface area contributed by atoms with Crippen LogP contribution in [-0.4, -0.2) is 42.9 Å². The number of carboxylic acids is 1. The number of nitrogens with one attached hydrogen (secondary N) is 2. The highest BCUT2D eigenvalue weighted by Gasteiger charge is 2.12. The fraction of sp³-hybridized carbons (Fsp3) is 0.600. The van der Waals surface area contributed by atoms with Gasteiger partial charge in [0.05, 0.1) is 13.2 Å². The van der Waals surface area contributed by atoms with E-state index < -0.39 is 18.0 Å². The van der Waals surface area contributed by atoms with Crippen molar-refractivity contribution >= 4 is 12.0 Å². The summed E-state index contributed by atoms with van der Waals surface area (Å²) in [4.78, 5) is 21.5. The zero-order chi connectivity index (χ0) is 12.6. The molecule has 0 heterocycles. The quantitative estimate of drug-likeness (QED) is 0.435. The van der Waals surface area contributed by atoms with Gasteiger partial charge in [-0.1, -0.05) is 12.2 Å². The topological polar surface area (TPSA) is 87.7 Å². The van der Waals surface area contributed by atoms with Crippen LogP contribution < -0.4 is 10.6 Å². The van der Waals surface area contributed by atoms with E-state index >= 15 is 0 Å². The molecule has 0 bridgehead atoms. The third-order valence-corrected chi connectivity index (χ3v) is 1.60. The van der Waals surface area contributed by atoms with Crippen LogP contribution in [0.25, 0.3) is 0 Å². The molecule has 0 radical (unpaired) electrons. The van der Waals surface area contributed by atoms with Crippen molar-refractivity contribution in [3.8, 4) is 0 Å². The predicted octanol–water partition coefficient (Wildman–Crippen LogP) is 0.351. The molecule has 3 N–H and O–H groups in total. The lowest BCUT2D eigenvalue weighted by atomic mass is 10.3. The van der Waals surface area contributed by atoms with Gasteiger partial charge in [-0.25, -0.2) is 4.79 Å². The predicted molar refractivity (Wildman–Crippen MR) is 59.3 cm³/mol. The first-order valence-corrected chi connectivity index (χ1v) is 4.92. The molecule has 0 spiro atoms. The zero-order valence-corrected chi connectivity index (χ0v) is 9.58. The van der Waals surface area contributed by atoms with Crippen molar-refractivity contribution in [1.29, 1.82) is 0 Å². The maximum absolute atomic E-state index is 11.1. The second-order valence-electron chi connectivity index (χ2n) is 3.47. The molecule has 0 aliphatic heterocycles. The third kappa shape index (κ3) is 7.81. The zero-order valence-electron chi connectivity index (χ0n) is 9.58. The van der Waals surface area contributed by atoms with Crippen molar-refractivity contribution in [3.63, 3.8) is 0 Å². The van der Waals surface area contributed by atoms with Crippen molar-refractivity contribution in [2.75, 3.05) is 19.8 Å². The first-order chi connectivity index (χ1) is 7.43. The van der Waals surface area contributed by atoms with Crippen molar-refractivity contribution in [2.24, 2.45) is 0 Å². The largest absolute Gasteiger partial charge is 0.480 e. The van der Waals surface area contributed by atoms with E-state index in [4.69, 9.17) is 9.84 Å². The Morgan fingerprint density at radius 3 is 2.62 bits per heavy atom. The van der Waals surface area contributed by atoms with Gasteiger partial charge in [-0.3, -0.25) is 4.79 Å². The fourth-order valence-corrected chi connectivity index (χ4v) is 0.793. The van der Waals surface area contributed by atoms with Crippen LogP contribution in [0, 0.1) is 0 Å². The number of ether oxygens (including phenoxy) is 1. The number of carbonyl (C=O) groups is 2. The molecule has 6 nitrogen and oxygen atoms in total. The van der Waals surface area contributed by atoms with E-state index in [9.17, 15) is 9.59 Å². The summed E-state index contributed by atoms with van der Waals surface area (Å²) in [6.07, 6.45) is 0. The molecule has 0 aromatic heterocycles. The molecule has 6 heteroatoms. The minimum atomic E-state index is -1.08. The summed E-state index contributed by atoms with van der Waals surface area (Å²) in [6, 6.07) is -1.43. The summed E-state index contributed by atoms with van der Waals surface area (Å²) in [5, 5.41) is 13.3. The van der Waals surface area contributed by atoms with Crippen LogP contribution in [0.2, 0.25) is 0 Å². The number of hydrogen-bond donors (Lipinski definition) is 3. The van der Waals surface area contributed by atoms with E-state index in [1.165, 1.54) is 6.92 Å². The molecule has 0 aromatic carbocycles. The molecule has 0 saturated carbocycles. The molecule has 92 valence electrons. The Balaban J connectivity index is 3.51. The van der Waals surface area contributed by atoms with Crippen LogP contribution >= 0.6 is 0 Å². The van der Waals surface area contributed by atoms with E-state index in [1.807, 2.05) is 6.92 Å². The first-order valence-electron chi connectivity index (χ1n) is 4.92. The Morgan fingerprint density at radius 2 is 2.12 bits per heavy atom. The SMILES string of the molecule is C=C(C)COCCNC(=O)N[C@@H](C)C(=O)O. The number of amides is 2. The van der Waals surface area contributed by atoms with E-state index in [1.54, 1.807) is 0 Å². The molecule has 16 heavy (non-hydrogen) atoms. The summed E-state index contributed by atoms with van der Waals surface area (Å²) in [5.41, 5.74) is 0.906. The second-order valence-corrected chi connectivity index (χ2v) is 3.47. The maximum Gasteiger partial charge on any atom is 0.325 e.